The molecule has 0 aromatic heterocycles. The van der Waals surface area contributed by atoms with E-state index in [1.165, 1.54) is 12.8 Å². The third-order valence-electron chi connectivity index (χ3n) is 2.41. The smallest absolute Gasteiger partial charge is 0.0857 e. The van der Waals surface area contributed by atoms with Gasteiger partial charge in [0.25, 0.3) is 0 Å². The van der Waals surface area contributed by atoms with E-state index in [9.17, 15) is 5.11 Å². The van der Waals surface area contributed by atoms with E-state index in [-0.39, 0.29) is 6.10 Å². The molecule has 0 fully saturated rings. The van der Waals surface area contributed by atoms with Crippen LogP contribution in [0.3, 0.4) is 0 Å². The van der Waals surface area contributed by atoms with Crippen LogP contribution in [0.2, 0.25) is 19.6 Å². The van der Waals surface area contributed by atoms with Crippen molar-refractivity contribution in [3.05, 3.63) is 17.5 Å². The highest BCUT2D eigenvalue weighted by atomic mass is 28.3. The summed E-state index contributed by atoms with van der Waals surface area (Å²) in [6.45, 7) is 12.5. The first kappa shape index (κ1) is 13.7. The summed E-state index contributed by atoms with van der Waals surface area (Å²) < 4.78 is 0. The molecule has 0 aromatic carbocycles. The molecule has 0 saturated heterocycles. The first-order chi connectivity index (χ1) is 6.43. The molecule has 0 aliphatic carbocycles. The van der Waals surface area contributed by atoms with Crippen molar-refractivity contribution in [3.8, 4) is 0 Å². The molecule has 0 saturated carbocycles. The standard InChI is InChI=1S/C12H24OSi/c1-6-8-9-10-11(13)12(7-2)14(3,4)5/h11,13H,2,6,8-10H2,1,3-5H3. The molecule has 1 unspecified atom stereocenters. The fourth-order valence-corrected chi connectivity index (χ4v) is 3.29. The molecular weight excluding hydrogens is 188 g/mol. The molecule has 0 spiro atoms. The Morgan fingerprint density at radius 3 is 2.29 bits per heavy atom. The van der Waals surface area contributed by atoms with Gasteiger partial charge in [0.1, 0.15) is 0 Å². The molecular formula is C12H24OSi. The van der Waals surface area contributed by atoms with E-state index >= 15 is 0 Å². The minimum absolute atomic E-state index is 0.300. The van der Waals surface area contributed by atoms with Gasteiger partial charge in [0.2, 0.25) is 0 Å². The largest absolute Gasteiger partial charge is 0.389 e. The molecule has 0 radical (unpaired) electrons. The maximum atomic E-state index is 9.97. The molecule has 0 rings (SSSR count). The van der Waals surface area contributed by atoms with Crippen LogP contribution in [0.5, 0.6) is 0 Å². The molecule has 0 amide bonds. The molecule has 0 bridgehead atoms. The normalized spacial score (nSPS) is 13.5. The summed E-state index contributed by atoms with van der Waals surface area (Å²) in [6.07, 6.45) is 4.08. The second kappa shape index (κ2) is 6.23. The molecule has 1 nitrogen and oxygen atoms in total. The molecule has 0 aliphatic rings. The predicted molar refractivity (Wildman–Crippen MR) is 66.1 cm³/mol. The van der Waals surface area contributed by atoms with Gasteiger partial charge in [0.05, 0.1) is 14.2 Å². The fourth-order valence-electron chi connectivity index (χ4n) is 1.61. The van der Waals surface area contributed by atoms with E-state index < -0.39 is 8.07 Å². The second-order valence-electron chi connectivity index (χ2n) is 4.85. The van der Waals surface area contributed by atoms with Crippen molar-refractivity contribution in [1.29, 1.82) is 0 Å². The highest BCUT2D eigenvalue weighted by Crippen LogP contribution is 2.20. The lowest BCUT2D eigenvalue weighted by molar-refractivity contribution is 0.202. The molecule has 2 heteroatoms. The van der Waals surface area contributed by atoms with Crippen LogP contribution in [0.4, 0.5) is 0 Å². The minimum Gasteiger partial charge on any atom is -0.389 e. The summed E-state index contributed by atoms with van der Waals surface area (Å²) >= 11 is 0. The Morgan fingerprint density at radius 2 is 1.93 bits per heavy atom. The van der Waals surface area contributed by atoms with E-state index in [1.54, 1.807) is 0 Å². The Morgan fingerprint density at radius 1 is 1.36 bits per heavy atom. The summed E-state index contributed by atoms with van der Waals surface area (Å²) in [7, 11) is -1.42. The SMILES string of the molecule is C=C=C(C(O)CCCCC)[Si](C)(C)C. The number of aliphatic hydroxyl groups excluding tert-OH is 1. The number of aliphatic hydroxyl groups is 1. The van der Waals surface area contributed by atoms with Gasteiger partial charge in [-0.2, -0.15) is 0 Å². The van der Waals surface area contributed by atoms with Crippen LogP contribution >= 0.6 is 0 Å². The van der Waals surface area contributed by atoms with Crippen molar-refractivity contribution >= 4 is 8.07 Å². The molecule has 82 valence electrons. The van der Waals surface area contributed by atoms with Gasteiger partial charge in [-0.25, -0.2) is 0 Å². The third kappa shape index (κ3) is 4.80. The van der Waals surface area contributed by atoms with Crippen LogP contribution in [0.1, 0.15) is 32.6 Å². The van der Waals surface area contributed by atoms with Crippen LogP contribution in [-0.4, -0.2) is 19.3 Å². The first-order valence-corrected chi connectivity index (χ1v) is 9.02. The minimum atomic E-state index is -1.42. The highest BCUT2D eigenvalue weighted by molar-refractivity contribution is 6.83. The molecule has 0 aliphatic heterocycles. The van der Waals surface area contributed by atoms with Crippen molar-refractivity contribution in [2.24, 2.45) is 0 Å². The molecule has 1 N–H and O–H groups in total. The highest BCUT2D eigenvalue weighted by Gasteiger charge is 2.24. The van der Waals surface area contributed by atoms with Crippen LogP contribution in [0, 0.1) is 0 Å². The van der Waals surface area contributed by atoms with Crippen molar-refractivity contribution in [3.63, 3.8) is 0 Å². The van der Waals surface area contributed by atoms with Gasteiger partial charge in [-0.15, -0.1) is 5.73 Å². The maximum absolute atomic E-state index is 9.97. The number of hydrogen-bond donors (Lipinski definition) is 1. The van der Waals surface area contributed by atoms with Crippen molar-refractivity contribution in [1.82, 2.24) is 0 Å². The zero-order valence-electron chi connectivity index (χ0n) is 10.1. The van der Waals surface area contributed by atoms with Gasteiger partial charge >= 0.3 is 0 Å². The lowest BCUT2D eigenvalue weighted by Crippen LogP contribution is -2.31. The second-order valence-corrected chi connectivity index (χ2v) is 9.89. The van der Waals surface area contributed by atoms with Crippen molar-refractivity contribution in [2.45, 2.75) is 58.4 Å². The summed E-state index contributed by atoms with van der Waals surface area (Å²) in [6, 6.07) is 0. The molecule has 0 heterocycles. The van der Waals surface area contributed by atoms with E-state index in [4.69, 9.17) is 0 Å². The van der Waals surface area contributed by atoms with Gasteiger partial charge in [0.15, 0.2) is 0 Å². The van der Waals surface area contributed by atoms with Crippen LogP contribution in [-0.2, 0) is 0 Å². The first-order valence-electron chi connectivity index (χ1n) is 5.52. The maximum Gasteiger partial charge on any atom is 0.0857 e. The van der Waals surface area contributed by atoms with Crippen molar-refractivity contribution < 1.29 is 5.11 Å². The average Bonchev–Trinajstić information content (AvgIpc) is 2.03. The van der Waals surface area contributed by atoms with Crippen molar-refractivity contribution in [2.75, 3.05) is 0 Å². The zero-order chi connectivity index (χ0) is 11.2. The number of rotatable bonds is 6. The number of hydrogen-bond acceptors (Lipinski definition) is 1. The van der Waals surface area contributed by atoms with Gasteiger partial charge < -0.3 is 5.11 Å². The third-order valence-corrected chi connectivity index (χ3v) is 4.54. The molecule has 0 aromatic rings. The Balaban J connectivity index is 4.21. The Bertz CT molecular complexity index is 209. The summed E-state index contributed by atoms with van der Waals surface area (Å²) in [5.41, 5.74) is 2.95. The summed E-state index contributed by atoms with van der Waals surface area (Å²) in [4.78, 5) is 0. The van der Waals surface area contributed by atoms with E-state index in [0.29, 0.717) is 0 Å². The fraction of sp³-hybridized carbons (Fsp3) is 0.750. The monoisotopic (exact) mass is 212 g/mol. The number of unbranched alkanes of at least 4 members (excludes halogenated alkanes) is 2. The van der Waals surface area contributed by atoms with E-state index in [2.05, 4.69) is 38.9 Å². The molecule has 1 atom stereocenters. The van der Waals surface area contributed by atoms with Gasteiger partial charge in [-0.3, -0.25) is 0 Å². The van der Waals surface area contributed by atoms with E-state index in [1.807, 2.05) is 0 Å². The van der Waals surface area contributed by atoms with Crippen LogP contribution in [0.25, 0.3) is 0 Å². The summed E-state index contributed by atoms with van der Waals surface area (Å²) in [5, 5.41) is 11.0. The zero-order valence-corrected chi connectivity index (χ0v) is 11.1. The van der Waals surface area contributed by atoms with Crippen LogP contribution < -0.4 is 0 Å². The molecule has 14 heavy (non-hydrogen) atoms. The summed E-state index contributed by atoms with van der Waals surface area (Å²) in [5.74, 6) is 0. The van der Waals surface area contributed by atoms with Crippen LogP contribution in [0.15, 0.2) is 17.5 Å². The van der Waals surface area contributed by atoms with Gasteiger partial charge in [-0.1, -0.05) is 52.4 Å². The van der Waals surface area contributed by atoms with E-state index in [0.717, 1.165) is 18.0 Å². The predicted octanol–water partition coefficient (Wildman–Crippen LogP) is 3.52. The topological polar surface area (TPSA) is 20.2 Å². The Hall–Kier alpha value is -0.303. The quantitative estimate of drug-likeness (QED) is 0.406. The van der Waals surface area contributed by atoms with Gasteiger partial charge in [0, 0.05) is 0 Å². The van der Waals surface area contributed by atoms with Gasteiger partial charge in [-0.05, 0) is 11.6 Å². The lowest BCUT2D eigenvalue weighted by atomic mass is 10.1. The Labute approximate surface area is 89.5 Å². The Kier molecular flexibility index (Phi) is 6.10. The average molecular weight is 212 g/mol. The lowest BCUT2D eigenvalue weighted by Gasteiger charge is -2.23.